The summed E-state index contributed by atoms with van der Waals surface area (Å²) >= 11 is 12.2. The highest BCUT2D eigenvalue weighted by atomic mass is 35.5. The number of rotatable bonds is 8. The number of aromatic nitrogens is 3. The summed E-state index contributed by atoms with van der Waals surface area (Å²) in [5.41, 5.74) is 0.889. The van der Waals surface area contributed by atoms with Crippen molar-refractivity contribution < 1.29 is 4.79 Å². The van der Waals surface area contributed by atoms with Crippen LogP contribution in [0.15, 0.2) is 23.0 Å². The minimum atomic E-state index is -0.137. The number of urea groups is 1. The Kier molecular flexibility index (Phi) is 7.83. The average Bonchev–Trinajstić information content (AvgIpc) is 3.06. The summed E-state index contributed by atoms with van der Waals surface area (Å²) in [6, 6.07) is 5.17. The van der Waals surface area contributed by atoms with Crippen LogP contribution in [0, 0.1) is 0 Å². The van der Waals surface area contributed by atoms with Gasteiger partial charge in [0.05, 0.1) is 16.1 Å². The molecule has 1 aromatic heterocycles. The van der Waals surface area contributed by atoms with Crippen LogP contribution in [0.3, 0.4) is 0 Å². The number of hydrogen-bond donors (Lipinski definition) is 1. The smallest absolute Gasteiger partial charge is 0.338 e. The number of carbonyl (C=O) groups excluding carboxylic acids is 1. The van der Waals surface area contributed by atoms with Crippen molar-refractivity contribution in [1.29, 1.82) is 0 Å². The standard InChI is InChI=1S/C21H29Cl2N5O2/c1-3-11-26(15(2)16-8-9-17(22)18(23)14-16)20(29)24-10-6-13-28-21(30)27-12-5-4-7-19(27)25-28/h8-9,14-15H,3-7,10-13H2,1-2H3,(H,24,29)/t15-/m0/s1. The van der Waals surface area contributed by atoms with Crippen LogP contribution in [-0.4, -0.2) is 38.4 Å². The molecule has 1 aliphatic rings. The number of nitrogens with zero attached hydrogens (tertiary/aromatic N) is 4. The molecule has 3 rings (SSSR count). The van der Waals surface area contributed by atoms with E-state index in [2.05, 4.69) is 10.4 Å². The summed E-state index contributed by atoms with van der Waals surface area (Å²) in [5, 5.41) is 8.38. The monoisotopic (exact) mass is 453 g/mol. The second-order valence-corrected chi connectivity index (χ2v) is 8.47. The molecule has 0 aliphatic carbocycles. The molecule has 0 saturated carbocycles. The first kappa shape index (κ1) is 22.7. The fraction of sp³-hybridized carbons (Fsp3) is 0.571. The molecule has 0 unspecified atom stereocenters. The van der Waals surface area contributed by atoms with Crippen LogP contribution in [-0.2, 0) is 19.5 Å². The first-order valence-electron chi connectivity index (χ1n) is 10.6. The summed E-state index contributed by atoms with van der Waals surface area (Å²) in [6.45, 7) is 6.36. The topological polar surface area (TPSA) is 72.2 Å². The Balaban J connectivity index is 1.55. The number of carbonyl (C=O) groups is 1. The highest BCUT2D eigenvalue weighted by molar-refractivity contribution is 6.42. The van der Waals surface area contributed by atoms with Gasteiger partial charge in [0.1, 0.15) is 5.82 Å². The van der Waals surface area contributed by atoms with Gasteiger partial charge in [-0.3, -0.25) is 4.57 Å². The zero-order valence-electron chi connectivity index (χ0n) is 17.5. The third kappa shape index (κ3) is 5.19. The van der Waals surface area contributed by atoms with E-state index in [4.69, 9.17) is 23.2 Å². The molecule has 0 bridgehead atoms. The lowest BCUT2D eigenvalue weighted by molar-refractivity contribution is 0.179. The van der Waals surface area contributed by atoms with Gasteiger partial charge in [-0.05, 0) is 50.3 Å². The minimum absolute atomic E-state index is 0.0446. The van der Waals surface area contributed by atoms with Crippen LogP contribution in [0.4, 0.5) is 4.79 Å². The number of fused-ring (bicyclic) bond motifs is 1. The van der Waals surface area contributed by atoms with E-state index in [1.54, 1.807) is 21.6 Å². The van der Waals surface area contributed by atoms with Crippen LogP contribution < -0.4 is 11.0 Å². The molecule has 164 valence electrons. The molecule has 1 aromatic carbocycles. The lowest BCUT2D eigenvalue weighted by Gasteiger charge is -2.29. The van der Waals surface area contributed by atoms with Crippen LogP contribution in [0.1, 0.15) is 57.0 Å². The molecular weight excluding hydrogens is 425 g/mol. The lowest BCUT2D eigenvalue weighted by Crippen LogP contribution is -2.42. The minimum Gasteiger partial charge on any atom is -0.338 e. The highest BCUT2D eigenvalue weighted by Gasteiger charge is 2.21. The van der Waals surface area contributed by atoms with Crippen LogP contribution >= 0.6 is 23.2 Å². The van der Waals surface area contributed by atoms with E-state index in [1.165, 1.54) is 4.68 Å². The molecule has 9 heteroatoms. The SMILES string of the molecule is CCCN(C(=O)NCCCn1nc2n(c1=O)CCCC2)[C@@H](C)c1ccc(Cl)c(Cl)c1. The molecular formula is C21H29Cl2N5O2. The van der Waals surface area contributed by atoms with E-state index in [0.29, 0.717) is 36.1 Å². The second-order valence-electron chi connectivity index (χ2n) is 7.66. The zero-order valence-corrected chi connectivity index (χ0v) is 19.0. The van der Waals surface area contributed by atoms with E-state index >= 15 is 0 Å². The van der Waals surface area contributed by atoms with Crippen LogP contribution in [0.2, 0.25) is 10.0 Å². The molecule has 2 aromatic rings. The van der Waals surface area contributed by atoms with Gasteiger partial charge in [-0.15, -0.1) is 0 Å². The van der Waals surface area contributed by atoms with Crippen molar-refractivity contribution in [3.8, 4) is 0 Å². The Bertz CT molecular complexity index is 940. The Hall–Kier alpha value is -1.99. The molecule has 1 aliphatic heterocycles. The molecule has 7 nitrogen and oxygen atoms in total. The summed E-state index contributed by atoms with van der Waals surface area (Å²) in [7, 11) is 0. The number of hydrogen-bond acceptors (Lipinski definition) is 3. The molecule has 1 atom stereocenters. The maximum absolute atomic E-state index is 12.8. The quantitative estimate of drug-likeness (QED) is 0.606. The molecule has 30 heavy (non-hydrogen) atoms. The predicted octanol–water partition coefficient (Wildman–Crippen LogP) is 4.26. The number of halogens is 2. The summed E-state index contributed by atoms with van der Waals surface area (Å²) < 4.78 is 3.29. The number of aryl methyl sites for hydroxylation is 2. The van der Waals surface area contributed by atoms with Crippen molar-refractivity contribution in [1.82, 2.24) is 24.6 Å². The van der Waals surface area contributed by atoms with E-state index in [0.717, 1.165) is 43.6 Å². The number of benzene rings is 1. The van der Waals surface area contributed by atoms with Gasteiger partial charge in [-0.2, -0.15) is 5.10 Å². The third-order valence-electron chi connectivity index (χ3n) is 5.47. The van der Waals surface area contributed by atoms with Gasteiger partial charge in [0.2, 0.25) is 0 Å². The van der Waals surface area contributed by atoms with Crippen molar-refractivity contribution >= 4 is 29.2 Å². The van der Waals surface area contributed by atoms with E-state index in [-0.39, 0.29) is 17.8 Å². The fourth-order valence-corrected chi connectivity index (χ4v) is 4.09. The molecule has 0 radical (unpaired) electrons. The van der Waals surface area contributed by atoms with Crippen molar-refractivity contribution in [3.05, 3.63) is 50.1 Å². The predicted molar refractivity (Wildman–Crippen MR) is 119 cm³/mol. The van der Waals surface area contributed by atoms with Crippen molar-refractivity contribution in [2.75, 3.05) is 13.1 Å². The zero-order chi connectivity index (χ0) is 21.7. The summed E-state index contributed by atoms with van der Waals surface area (Å²) in [5.74, 6) is 0.875. The third-order valence-corrected chi connectivity index (χ3v) is 6.21. The highest BCUT2D eigenvalue weighted by Crippen LogP contribution is 2.28. The van der Waals surface area contributed by atoms with Crippen molar-refractivity contribution in [2.45, 2.75) is 65.1 Å². The Labute approximate surface area is 187 Å². The average molecular weight is 454 g/mol. The second kappa shape index (κ2) is 10.4. The molecule has 1 N–H and O–H groups in total. The Morgan fingerprint density at radius 3 is 2.80 bits per heavy atom. The molecule has 2 heterocycles. The van der Waals surface area contributed by atoms with Gasteiger partial charge < -0.3 is 10.2 Å². The molecule has 0 saturated heterocycles. The van der Waals surface area contributed by atoms with E-state index < -0.39 is 0 Å². The maximum atomic E-state index is 12.8. The van der Waals surface area contributed by atoms with Crippen molar-refractivity contribution in [2.24, 2.45) is 0 Å². The van der Waals surface area contributed by atoms with Gasteiger partial charge in [-0.25, -0.2) is 14.3 Å². The lowest BCUT2D eigenvalue weighted by atomic mass is 10.1. The molecule has 0 fully saturated rings. The van der Waals surface area contributed by atoms with Gasteiger partial charge in [0.15, 0.2) is 0 Å². The van der Waals surface area contributed by atoms with Crippen molar-refractivity contribution in [3.63, 3.8) is 0 Å². The van der Waals surface area contributed by atoms with Gasteiger partial charge >= 0.3 is 11.7 Å². The fourth-order valence-electron chi connectivity index (χ4n) is 3.78. The number of nitrogens with one attached hydrogen (secondary N) is 1. The summed E-state index contributed by atoms with van der Waals surface area (Å²) in [6.07, 6.45) is 4.45. The molecule has 0 spiro atoms. The van der Waals surface area contributed by atoms with Crippen LogP contribution in [0.5, 0.6) is 0 Å². The largest absolute Gasteiger partial charge is 0.345 e. The molecule has 2 amide bonds. The van der Waals surface area contributed by atoms with Gasteiger partial charge in [-0.1, -0.05) is 36.2 Å². The normalized spacial score (nSPS) is 14.3. The first-order valence-corrected chi connectivity index (χ1v) is 11.3. The Morgan fingerprint density at radius 1 is 1.30 bits per heavy atom. The van der Waals surface area contributed by atoms with Crippen LogP contribution in [0.25, 0.3) is 0 Å². The number of amides is 2. The van der Waals surface area contributed by atoms with E-state index in [1.807, 2.05) is 19.9 Å². The first-order chi connectivity index (χ1) is 14.4. The maximum Gasteiger partial charge on any atom is 0.345 e. The van der Waals surface area contributed by atoms with Gasteiger partial charge in [0.25, 0.3) is 0 Å². The Morgan fingerprint density at radius 2 is 2.10 bits per heavy atom. The van der Waals surface area contributed by atoms with Gasteiger partial charge in [0, 0.05) is 32.6 Å². The van der Waals surface area contributed by atoms with E-state index in [9.17, 15) is 9.59 Å². The summed E-state index contributed by atoms with van der Waals surface area (Å²) in [4.78, 5) is 27.0.